The fourth-order valence-electron chi connectivity index (χ4n) is 2.05. The van der Waals surface area contributed by atoms with Crippen molar-refractivity contribution >= 4 is 11.6 Å². The summed E-state index contributed by atoms with van der Waals surface area (Å²) in [6.45, 7) is 2.90. The van der Waals surface area contributed by atoms with Crippen LogP contribution in [0.3, 0.4) is 0 Å². The smallest absolute Gasteiger partial charge is 0.123 e. The first-order valence-electron chi connectivity index (χ1n) is 6.31. The molecule has 0 unspecified atom stereocenters. The predicted molar refractivity (Wildman–Crippen MR) is 79.7 cm³/mol. The molecule has 100 valence electrons. The van der Waals surface area contributed by atoms with Gasteiger partial charge < -0.3 is 10.1 Å². The van der Waals surface area contributed by atoms with E-state index in [-0.39, 0.29) is 6.04 Å². The predicted octanol–water partition coefficient (Wildman–Crippen LogP) is 4.20. The first-order valence-corrected chi connectivity index (χ1v) is 6.69. The van der Waals surface area contributed by atoms with E-state index < -0.39 is 0 Å². The lowest BCUT2D eigenvalue weighted by molar-refractivity contribution is 0.401. The monoisotopic (exact) mass is 275 g/mol. The van der Waals surface area contributed by atoms with Crippen LogP contribution in [0.2, 0.25) is 5.02 Å². The molecule has 0 aliphatic carbocycles. The lowest BCUT2D eigenvalue weighted by Gasteiger charge is -2.17. The summed E-state index contributed by atoms with van der Waals surface area (Å²) in [6, 6.07) is 16.2. The molecular weight excluding hydrogens is 258 g/mol. The van der Waals surface area contributed by atoms with Crippen LogP contribution in [-0.4, -0.2) is 7.11 Å². The maximum Gasteiger partial charge on any atom is 0.123 e. The van der Waals surface area contributed by atoms with Gasteiger partial charge in [0.15, 0.2) is 0 Å². The van der Waals surface area contributed by atoms with E-state index in [0.717, 1.165) is 22.9 Å². The lowest BCUT2D eigenvalue weighted by Crippen LogP contribution is -2.18. The average Bonchev–Trinajstić information content (AvgIpc) is 2.45. The van der Waals surface area contributed by atoms with E-state index in [2.05, 4.69) is 24.4 Å². The Kier molecular flexibility index (Phi) is 4.83. The number of nitrogens with one attached hydrogen (secondary N) is 1. The van der Waals surface area contributed by atoms with Gasteiger partial charge in [0.25, 0.3) is 0 Å². The minimum absolute atomic E-state index is 0.218. The van der Waals surface area contributed by atoms with E-state index in [1.54, 1.807) is 7.11 Å². The van der Waals surface area contributed by atoms with E-state index in [4.69, 9.17) is 16.3 Å². The molecule has 0 spiro atoms. The highest BCUT2D eigenvalue weighted by molar-refractivity contribution is 6.30. The second kappa shape index (κ2) is 6.60. The maximum atomic E-state index is 5.98. The van der Waals surface area contributed by atoms with Crippen LogP contribution in [0.25, 0.3) is 0 Å². The Bertz CT molecular complexity index is 542. The topological polar surface area (TPSA) is 21.3 Å². The van der Waals surface area contributed by atoms with Gasteiger partial charge in [-0.25, -0.2) is 0 Å². The summed E-state index contributed by atoms with van der Waals surface area (Å²) < 4.78 is 5.38. The SMILES string of the molecule is COc1ccccc1[C@@H](C)NCc1cccc(Cl)c1. The fourth-order valence-corrected chi connectivity index (χ4v) is 2.26. The molecular formula is C16H18ClNO. The summed E-state index contributed by atoms with van der Waals surface area (Å²) in [6.07, 6.45) is 0. The summed E-state index contributed by atoms with van der Waals surface area (Å²) in [5, 5.41) is 4.25. The van der Waals surface area contributed by atoms with E-state index in [9.17, 15) is 0 Å². The molecule has 2 aromatic rings. The van der Waals surface area contributed by atoms with Gasteiger partial charge in [-0.05, 0) is 30.7 Å². The van der Waals surface area contributed by atoms with Gasteiger partial charge in [-0.3, -0.25) is 0 Å². The summed E-state index contributed by atoms with van der Waals surface area (Å²) in [7, 11) is 1.70. The Labute approximate surface area is 119 Å². The zero-order valence-electron chi connectivity index (χ0n) is 11.2. The highest BCUT2D eigenvalue weighted by Crippen LogP contribution is 2.24. The Balaban J connectivity index is 2.03. The Hall–Kier alpha value is -1.51. The first kappa shape index (κ1) is 13.9. The largest absolute Gasteiger partial charge is 0.496 e. The molecule has 0 heterocycles. The number of benzene rings is 2. The van der Waals surface area contributed by atoms with Crippen LogP contribution in [0.4, 0.5) is 0 Å². The van der Waals surface area contributed by atoms with Crippen LogP contribution in [0, 0.1) is 0 Å². The number of ether oxygens (including phenoxy) is 1. The van der Waals surface area contributed by atoms with Gasteiger partial charge in [0, 0.05) is 23.2 Å². The van der Waals surface area contributed by atoms with Crippen LogP contribution in [0.5, 0.6) is 5.75 Å². The molecule has 0 bridgehead atoms. The minimum atomic E-state index is 0.218. The third-order valence-electron chi connectivity index (χ3n) is 3.11. The van der Waals surface area contributed by atoms with Crippen molar-refractivity contribution < 1.29 is 4.74 Å². The molecule has 0 aliphatic rings. The summed E-state index contributed by atoms with van der Waals surface area (Å²) in [4.78, 5) is 0. The molecule has 0 saturated heterocycles. The molecule has 0 aromatic heterocycles. The molecule has 0 fully saturated rings. The molecule has 3 heteroatoms. The van der Waals surface area contributed by atoms with E-state index in [1.807, 2.05) is 36.4 Å². The van der Waals surface area contributed by atoms with E-state index >= 15 is 0 Å². The number of para-hydroxylation sites is 1. The van der Waals surface area contributed by atoms with E-state index in [0.29, 0.717) is 0 Å². The Morgan fingerprint density at radius 1 is 1.16 bits per heavy atom. The van der Waals surface area contributed by atoms with Crippen molar-refractivity contribution in [3.63, 3.8) is 0 Å². The van der Waals surface area contributed by atoms with Crippen molar-refractivity contribution in [2.75, 3.05) is 7.11 Å². The molecule has 0 amide bonds. The van der Waals surface area contributed by atoms with Crippen LogP contribution in [0.15, 0.2) is 48.5 Å². The van der Waals surface area contributed by atoms with Gasteiger partial charge in [0.05, 0.1) is 7.11 Å². The van der Waals surface area contributed by atoms with Crippen molar-refractivity contribution in [3.05, 3.63) is 64.7 Å². The Morgan fingerprint density at radius 2 is 1.95 bits per heavy atom. The summed E-state index contributed by atoms with van der Waals surface area (Å²) in [5.74, 6) is 0.911. The van der Waals surface area contributed by atoms with Crippen molar-refractivity contribution in [2.45, 2.75) is 19.5 Å². The highest BCUT2D eigenvalue weighted by Gasteiger charge is 2.09. The van der Waals surface area contributed by atoms with Crippen molar-refractivity contribution in [2.24, 2.45) is 0 Å². The second-order valence-electron chi connectivity index (χ2n) is 4.47. The highest BCUT2D eigenvalue weighted by atomic mass is 35.5. The van der Waals surface area contributed by atoms with Crippen LogP contribution in [0.1, 0.15) is 24.1 Å². The normalized spacial score (nSPS) is 12.2. The van der Waals surface area contributed by atoms with Crippen molar-refractivity contribution in [1.29, 1.82) is 0 Å². The average molecular weight is 276 g/mol. The maximum absolute atomic E-state index is 5.98. The first-order chi connectivity index (χ1) is 9.20. The summed E-state index contributed by atoms with van der Waals surface area (Å²) in [5.41, 5.74) is 2.33. The molecule has 0 radical (unpaired) electrons. The number of hydrogen-bond acceptors (Lipinski definition) is 2. The second-order valence-corrected chi connectivity index (χ2v) is 4.91. The summed E-state index contributed by atoms with van der Waals surface area (Å²) >= 11 is 5.98. The molecule has 2 nitrogen and oxygen atoms in total. The molecule has 1 N–H and O–H groups in total. The molecule has 19 heavy (non-hydrogen) atoms. The molecule has 2 rings (SSSR count). The fraction of sp³-hybridized carbons (Fsp3) is 0.250. The van der Waals surface area contributed by atoms with Gasteiger partial charge in [-0.15, -0.1) is 0 Å². The molecule has 0 aliphatic heterocycles. The van der Waals surface area contributed by atoms with Gasteiger partial charge in [0.2, 0.25) is 0 Å². The third-order valence-corrected chi connectivity index (χ3v) is 3.34. The van der Waals surface area contributed by atoms with Gasteiger partial charge in [0.1, 0.15) is 5.75 Å². The van der Waals surface area contributed by atoms with Crippen LogP contribution < -0.4 is 10.1 Å². The van der Waals surface area contributed by atoms with Crippen LogP contribution >= 0.6 is 11.6 Å². The van der Waals surface area contributed by atoms with Gasteiger partial charge >= 0.3 is 0 Å². The Morgan fingerprint density at radius 3 is 2.68 bits per heavy atom. The van der Waals surface area contributed by atoms with Gasteiger partial charge in [-0.2, -0.15) is 0 Å². The minimum Gasteiger partial charge on any atom is -0.496 e. The standard InChI is InChI=1S/C16H18ClNO/c1-12(15-8-3-4-9-16(15)19-2)18-11-13-6-5-7-14(17)10-13/h3-10,12,18H,11H2,1-2H3/t12-/m1/s1. The van der Waals surface area contributed by atoms with Crippen molar-refractivity contribution in [1.82, 2.24) is 5.32 Å². The number of hydrogen-bond donors (Lipinski definition) is 1. The quantitative estimate of drug-likeness (QED) is 0.883. The van der Waals surface area contributed by atoms with Gasteiger partial charge in [-0.1, -0.05) is 41.9 Å². The molecule has 2 aromatic carbocycles. The zero-order chi connectivity index (χ0) is 13.7. The third kappa shape index (κ3) is 3.72. The van der Waals surface area contributed by atoms with Crippen LogP contribution in [-0.2, 0) is 6.54 Å². The molecule has 0 saturated carbocycles. The number of halogens is 1. The van der Waals surface area contributed by atoms with Crippen molar-refractivity contribution in [3.8, 4) is 5.75 Å². The van der Waals surface area contributed by atoms with E-state index in [1.165, 1.54) is 5.56 Å². The lowest BCUT2D eigenvalue weighted by atomic mass is 10.1. The number of rotatable bonds is 5. The molecule has 1 atom stereocenters. The number of methoxy groups -OCH3 is 1. The zero-order valence-corrected chi connectivity index (χ0v) is 11.9.